The lowest BCUT2D eigenvalue weighted by Gasteiger charge is -2.21. The van der Waals surface area contributed by atoms with Crippen LogP contribution in [0.4, 0.5) is 0 Å². The molecule has 2 aromatic heterocycles. The van der Waals surface area contributed by atoms with Gasteiger partial charge in [0.05, 0.1) is 26.0 Å². The summed E-state index contributed by atoms with van der Waals surface area (Å²) in [5.74, 6) is 3.41. The molecule has 3 aromatic rings. The third-order valence-corrected chi connectivity index (χ3v) is 5.49. The van der Waals surface area contributed by atoms with E-state index in [1.807, 2.05) is 18.2 Å². The number of methoxy groups -OCH3 is 2. The first-order valence-electron chi connectivity index (χ1n) is 10.3. The first-order valence-corrected chi connectivity index (χ1v) is 10.3. The van der Waals surface area contributed by atoms with Crippen molar-refractivity contribution in [3.8, 4) is 11.5 Å². The lowest BCUT2D eigenvalue weighted by molar-refractivity contribution is 0.0953. The average molecular weight is 425 g/mol. The Morgan fingerprint density at radius 1 is 1.16 bits per heavy atom. The molecule has 0 spiro atoms. The van der Waals surface area contributed by atoms with Crippen molar-refractivity contribution in [3.05, 3.63) is 59.6 Å². The Labute approximate surface area is 181 Å². The zero-order chi connectivity index (χ0) is 21.6. The summed E-state index contributed by atoms with van der Waals surface area (Å²) in [5, 5.41) is 11.6. The summed E-state index contributed by atoms with van der Waals surface area (Å²) in [6.45, 7) is 3.83. The maximum Gasteiger partial charge on any atom is 0.254 e. The number of hydrogen-bond acceptors (Lipinski definition) is 7. The predicted octanol–water partition coefficient (Wildman–Crippen LogP) is 1.92. The molecule has 0 saturated heterocycles. The fourth-order valence-corrected chi connectivity index (χ4v) is 3.80. The van der Waals surface area contributed by atoms with Crippen LogP contribution in [-0.4, -0.2) is 59.4 Å². The van der Waals surface area contributed by atoms with Gasteiger partial charge in [0.25, 0.3) is 5.91 Å². The molecule has 9 heteroatoms. The highest BCUT2D eigenvalue weighted by Crippen LogP contribution is 2.26. The highest BCUT2D eigenvalue weighted by molar-refractivity contribution is 5.93. The molecule has 0 aliphatic carbocycles. The maximum absolute atomic E-state index is 12.1. The normalized spacial score (nSPS) is 14.0. The molecule has 4 rings (SSSR count). The highest BCUT2D eigenvalue weighted by atomic mass is 16.5. The molecule has 0 atom stereocenters. The summed E-state index contributed by atoms with van der Waals surface area (Å²) in [6, 6.07) is 7.52. The van der Waals surface area contributed by atoms with Crippen molar-refractivity contribution in [2.45, 2.75) is 25.9 Å². The van der Waals surface area contributed by atoms with Gasteiger partial charge < -0.3 is 23.8 Å². The van der Waals surface area contributed by atoms with E-state index in [9.17, 15) is 4.79 Å². The number of carbonyl (C=O) groups is 1. The van der Waals surface area contributed by atoms with Crippen molar-refractivity contribution in [1.82, 2.24) is 25.0 Å². The standard InChI is InChI=1S/C22H27N5O4/c1-29-18-3-4-19(30-2)17(13-18)14-26-9-6-21-25-24-20(27(21)11-10-26)5-8-23-22(28)16-7-12-31-15-16/h3-4,7,12-13,15H,5-6,8-11,14H2,1-2H3,(H,23,28). The molecule has 1 amide bonds. The van der Waals surface area contributed by atoms with E-state index in [0.717, 1.165) is 61.3 Å². The maximum atomic E-state index is 12.1. The number of rotatable bonds is 8. The Hall–Kier alpha value is -3.33. The molecular weight excluding hydrogens is 398 g/mol. The molecule has 31 heavy (non-hydrogen) atoms. The number of furan rings is 1. The van der Waals surface area contributed by atoms with Gasteiger partial charge in [0.15, 0.2) is 0 Å². The zero-order valence-corrected chi connectivity index (χ0v) is 17.8. The van der Waals surface area contributed by atoms with Gasteiger partial charge in [0.1, 0.15) is 29.4 Å². The van der Waals surface area contributed by atoms with Crippen molar-refractivity contribution in [1.29, 1.82) is 0 Å². The van der Waals surface area contributed by atoms with Gasteiger partial charge >= 0.3 is 0 Å². The summed E-state index contributed by atoms with van der Waals surface area (Å²) < 4.78 is 18.0. The number of amides is 1. The summed E-state index contributed by atoms with van der Waals surface area (Å²) in [4.78, 5) is 14.4. The van der Waals surface area contributed by atoms with Gasteiger partial charge in [-0.05, 0) is 24.3 Å². The van der Waals surface area contributed by atoms with Gasteiger partial charge in [0.2, 0.25) is 0 Å². The van der Waals surface area contributed by atoms with Crippen molar-refractivity contribution in [3.63, 3.8) is 0 Å². The Morgan fingerprint density at radius 2 is 2.06 bits per heavy atom. The lowest BCUT2D eigenvalue weighted by atomic mass is 10.1. The third-order valence-electron chi connectivity index (χ3n) is 5.49. The molecule has 1 N–H and O–H groups in total. The van der Waals surface area contributed by atoms with Gasteiger partial charge in [0, 0.05) is 51.1 Å². The van der Waals surface area contributed by atoms with E-state index in [2.05, 4.69) is 25.0 Å². The molecule has 0 unspecified atom stereocenters. The van der Waals surface area contributed by atoms with Crippen LogP contribution in [-0.2, 0) is 25.9 Å². The van der Waals surface area contributed by atoms with Gasteiger partial charge in [-0.15, -0.1) is 10.2 Å². The Morgan fingerprint density at radius 3 is 2.84 bits per heavy atom. The van der Waals surface area contributed by atoms with E-state index in [-0.39, 0.29) is 5.91 Å². The average Bonchev–Trinajstić information content (AvgIpc) is 3.42. The second-order valence-electron chi connectivity index (χ2n) is 7.41. The van der Waals surface area contributed by atoms with Crippen LogP contribution >= 0.6 is 0 Å². The van der Waals surface area contributed by atoms with Crippen molar-refractivity contribution < 1.29 is 18.7 Å². The molecule has 3 heterocycles. The number of nitrogens with zero attached hydrogens (tertiary/aromatic N) is 4. The van der Waals surface area contributed by atoms with Gasteiger partial charge in [-0.3, -0.25) is 9.69 Å². The predicted molar refractivity (Wildman–Crippen MR) is 113 cm³/mol. The van der Waals surface area contributed by atoms with E-state index in [4.69, 9.17) is 13.9 Å². The fraction of sp³-hybridized carbons (Fsp3) is 0.409. The SMILES string of the molecule is COc1ccc(OC)c(CN2CCc3nnc(CCNC(=O)c4ccoc4)n3CC2)c1. The fourth-order valence-electron chi connectivity index (χ4n) is 3.80. The molecule has 1 aromatic carbocycles. The van der Waals surface area contributed by atoms with Crippen LogP contribution in [0.15, 0.2) is 41.2 Å². The lowest BCUT2D eigenvalue weighted by Crippen LogP contribution is -2.28. The van der Waals surface area contributed by atoms with Crippen LogP contribution in [0.2, 0.25) is 0 Å². The highest BCUT2D eigenvalue weighted by Gasteiger charge is 2.20. The van der Waals surface area contributed by atoms with Gasteiger partial charge in [-0.25, -0.2) is 0 Å². The van der Waals surface area contributed by atoms with Crippen LogP contribution in [0.3, 0.4) is 0 Å². The van der Waals surface area contributed by atoms with Crippen molar-refractivity contribution in [2.24, 2.45) is 0 Å². The number of carbonyl (C=O) groups excluding carboxylic acids is 1. The first-order chi connectivity index (χ1) is 15.2. The summed E-state index contributed by atoms with van der Waals surface area (Å²) in [7, 11) is 3.36. The molecule has 164 valence electrons. The zero-order valence-electron chi connectivity index (χ0n) is 17.8. The Balaban J connectivity index is 1.35. The number of ether oxygens (including phenoxy) is 2. The molecule has 1 aliphatic heterocycles. The molecule has 0 bridgehead atoms. The van der Waals surface area contributed by atoms with Crippen LogP contribution < -0.4 is 14.8 Å². The second kappa shape index (κ2) is 9.65. The minimum Gasteiger partial charge on any atom is -0.497 e. The number of aromatic nitrogens is 3. The van der Waals surface area contributed by atoms with Crippen LogP contribution in [0.5, 0.6) is 11.5 Å². The van der Waals surface area contributed by atoms with E-state index in [1.54, 1.807) is 20.3 Å². The minimum absolute atomic E-state index is 0.150. The second-order valence-corrected chi connectivity index (χ2v) is 7.41. The molecular formula is C22H27N5O4. The molecule has 0 saturated carbocycles. The molecule has 0 fully saturated rings. The van der Waals surface area contributed by atoms with Crippen molar-refractivity contribution in [2.75, 3.05) is 33.9 Å². The van der Waals surface area contributed by atoms with E-state index in [1.165, 1.54) is 12.5 Å². The van der Waals surface area contributed by atoms with Crippen LogP contribution in [0.25, 0.3) is 0 Å². The summed E-state index contributed by atoms with van der Waals surface area (Å²) in [5.41, 5.74) is 1.62. The quantitative estimate of drug-likeness (QED) is 0.589. The Kier molecular flexibility index (Phi) is 6.51. The summed E-state index contributed by atoms with van der Waals surface area (Å²) >= 11 is 0. The van der Waals surface area contributed by atoms with Gasteiger partial charge in [-0.2, -0.15) is 0 Å². The van der Waals surface area contributed by atoms with Gasteiger partial charge in [-0.1, -0.05) is 0 Å². The number of benzene rings is 1. The number of fused-ring (bicyclic) bond motifs is 1. The van der Waals surface area contributed by atoms with Crippen LogP contribution in [0.1, 0.15) is 27.6 Å². The smallest absolute Gasteiger partial charge is 0.254 e. The molecule has 0 radical (unpaired) electrons. The van der Waals surface area contributed by atoms with E-state index < -0.39 is 0 Å². The topological polar surface area (TPSA) is 94.7 Å². The third kappa shape index (κ3) is 4.88. The molecule has 1 aliphatic rings. The minimum atomic E-state index is -0.150. The number of nitrogens with one attached hydrogen (secondary N) is 1. The van der Waals surface area contributed by atoms with Crippen molar-refractivity contribution >= 4 is 5.91 Å². The monoisotopic (exact) mass is 425 g/mol. The van der Waals surface area contributed by atoms with E-state index in [0.29, 0.717) is 18.5 Å². The first kappa shape index (κ1) is 20.9. The number of hydrogen-bond donors (Lipinski definition) is 1. The van der Waals surface area contributed by atoms with E-state index >= 15 is 0 Å². The Bertz CT molecular complexity index is 1020. The largest absolute Gasteiger partial charge is 0.497 e. The molecule has 9 nitrogen and oxygen atoms in total. The summed E-state index contributed by atoms with van der Waals surface area (Å²) in [6.07, 6.45) is 4.37. The van der Waals surface area contributed by atoms with Crippen LogP contribution in [0, 0.1) is 0 Å².